The molecule has 0 bridgehead atoms. The first-order valence-corrected chi connectivity index (χ1v) is 6.26. The van der Waals surface area contributed by atoms with Crippen molar-refractivity contribution in [3.8, 4) is 0 Å². The lowest BCUT2D eigenvalue weighted by Crippen LogP contribution is -2.34. The van der Waals surface area contributed by atoms with Crippen molar-refractivity contribution in [1.82, 2.24) is 9.88 Å². The summed E-state index contributed by atoms with van der Waals surface area (Å²) in [6, 6.07) is 2.84. The summed E-state index contributed by atoms with van der Waals surface area (Å²) in [6.07, 6.45) is 0. The molecule has 0 saturated heterocycles. The molecule has 0 unspecified atom stereocenters. The number of hydrazine groups is 1. The number of rotatable bonds is 7. The molecule has 0 radical (unpaired) electrons. The van der Waals surface area contributed by atoms with Crippen molar-refractivity contribution in [3.05, 3.63) is 22.2 Å². The zero-order valence-electron chi connectivity index (χ0n) is 12.3. The summed E-state index contributed by atoms with van der Waals surface area (Å²) in [5.41, 5.74) is 2.27. The van der Waals surface area contributed by atoms with E-state index in [2.05, 4.69) is 34.5 Å². The Hall–Kier alpha value is -1.93. The second-order valence-electron chi connectivity index (χ2n) is 5.72. The van der Waals surface area contributed by atoms with Gasteiger partial charge in [-0.15, -0.1) is 0 Å². The molecule has 0 atom stereocenters. The van der Waals surface area contributed by atoms with Gasteiger partial charge in [-0.05, 0) is 25.6 Å². The number of nitro groups is 1. The molecule has 0 amide bonds. The van der Waals surface area contributed by atoms with Gasteiger partial charge in [-0.1, -0.05) is 13.8 Å². The van der Waals surface area contributed by atoms with E-state index >= 15 is 0 Å². The van der Waals surface area contributed by atoms with Gasteiger partial charge in [-0.3, -0.25) is 10.1 Å². The van der Waals surface area contributed by atoms with E-state index in [9.17, 15) is 10.1 Å². The molecule has 1 heterocycles. The Morgan fingerprint density at radius 1 is 1.45 bits per heavy atom. The fraction of sp³-hybridized carbons (Fsp3) is 0.583. The Kier molecular flexibility index (Phi) is 5.23. The van der Waals surface area contributed by atoms with Crippen molar-refractivity contribution in [3.63, 3.8) is 0 Å². The molecule has 1 rings (SSSR count). The minimum Gasteiger partial charge on any atom is -0.364 e. The minimum absolute atomic E-state index is 0.0504. The molecule has 20 heavy (non-hydrogen) atoms. The molecular weight excluding hydrogens is 260 g/mol. The van der Waals surface area contributed by atoms with Crippen LogP contribution in [-0.4, -0.2) is 42.0 Å². The van der Waals surface area contributed by atoms with Gasteiger partial charge < -0.3 is 15.6 Å². The maximum atomic E-state index is 11.0. The molecule has 4 N–H and O–H groups in total. The van der Waals surface area contributed by atoms with E-state index in [1.807, 2.05) is 14.1 Å². The third-order valence-corrected chi connectivity index (χ3v) is 2.70. The van der Waals surface area contributed by atoms with Crippen LogP contribution in [0.2, 0.25) is 0 Å². The lowest BCUT2D eigenvalue weighted by atomic mass is 9.93. The topological polar surface area (TPSA) is 109 Å². The first-order chi connectivity index (χ1) is 9.25. The van der Waals surface area contributed by atoms with Crippen molar-refractivity contribution in [2.24, 2.45) is 11.3 Å². The maximum absolute atomic E-state index is 11.0. The fourth-order valence-corrected chi connectivity index (χ4v) is 2.04. The lowest BCUT2D eigenvalue weighted by molar-refractivity contribution is -0.384. The summed E-state index contributed by atoms with van der Waals surface area (Å²) < 4.78 is 0. The Balaban J connectivity index is 2.87. The van der Waals surface area contributed by atoms with Crippen LogP contribution in [0.5, 0.6) is 0 Å². The highest BCUT2D eigenvalue weighted by molar-refractivity contribution is 5.60. The number of nitrogens with zero attached hydrogens (tertiary/aromatic N) is 3. The first kappa shape index (κ1) is 16.1. The fourth-order valence-electron chi connectivity index (χ4n) is 2.04. The van der Waals surface area contributed by atoms with Gasteiger partial charge in [0.15, 0.2) is 0 Å². The van der Waals surface area contributed by atoms with Crippen LogP contribution in [0.15, 0.2) is 12.1 Å². The summed E-state index contributed by atoms with van der Waals surface area (Å²) in [6.45, 7) is 5.57. The summed E-state index contributed by atoms with van der Waals surface area (Å²) in [7, 11) is 3.98. The smallest absolute Gasteiger partial charge is 0.311 e. The Morgan fingerprint density at radius 2 is 2.10 bits per heavy atom. The number of pyridine rings is 1. The molecular formula is C12H22N6O2. The molecule has 0 aliphatic rings. The van der Waals surface area contributed by atoms with E-state index in [1.165, 1.54) is 12.1 Å². The third kappa shape index (κ3) is 4.63. The molecule has 1 aromatic rings. The zero-order valence-corrected chi connectivity index (χ0v) is 12.3. The SMILES string of the molecule is CN(C)CC(C)(C)CNc1nc(NN)ccc1[N+](=O)[O-]. The Morgan fingerprint density at radius 3 is 2.60 bits per heavy atom. The molecule has 0 spiro atoms. The van der Waals surface area contributed by atoms with E-state index in [0.29, 0.717) is 12.4 Å². The average Bonchev–Trinajstić information content (AvgIpc) is 2.34. The molecule has 0 fully saturated rings. The first-order valence-electron chi connectivity index (χ1n) is 6.26. The number of hydrogen-bond donors (Lipinski definition) is 3. The van der Waals surface area contributed by atoms with Crippen LogP contribution >= 0.6 is 0 Å². The third-order valence-electron chi connectivity index (χ3n) is 2.70. The normalized spacial score (nSPS) is 11.5. The lowest BCUT2D eigenvalue weighted by Gasteiger charge is -2.28. The van der Waals surface area contributed by atoms with Gasteiger partial charge >= 0.3 is 5.69 Å². The van der Waals surface area contributed by atoms with E-state index in [1.54, 1.807) is 0 Å². The van der Waals surface area contributed by atoms with Crippen LogP contribution in [-0.2, 0) is 0 Å². The van der Waals surface area contributed by atoms with E-state index in [0.717, 1.165) is 6.54 Å². The number of nitrogen functional groups attached to an aromatic ring is 1. The summed E-state index contributed by atoms with van der Waals surface area (Å²) in [5.74, 6) is 5.87. The molecule has 0 aliphatic carbocycles. The summed E-state index contributed by atoms with van der Waals surface area (Å²) >= 11 is 0. The predicted octanol–water partition coefficient (Wildman–Crippen LogP) is 1.28. The van der Waals surface area contributed by atoms with Crippen LogP contribution in [0.1, 0.15) is 13.8 Å². The predicted molar refractivity (Wildman–Crippen MR) is 79.5 cm³/mol. The Labute approximate surface area is 118 Å². The second-order valence-corrected chi connectivity index (χ2v) is 5.72. The number of nitrogens with two attached hydrogens (primary N) is 1. The number of anilines is 2. The molecule has 0 aliphatic heterocycles. The van der Waals surface area contributed by atoms with Gasteiger partial charge in [-0.25, -0.2) is 10.8 Å². The number of nitrogens with one attached hydrogen (secondary N) is 2. The largest absolute Gasteiger partial charge is 0.364 e. The summed E-state index contributed by atoms with van der Waals surface area (Å²) in [5, 5.41) is 14.0. The second kappa shape index (κ2) is 6.49. The van der Waals surface area contributed by atoms with E-state index < -0.39 is 4.92 Å². The van der Waals surface area contributed by atoms with Crippen LogP contribution in [0, 0.1) is 15.5 Å². The van der Waals surface area contributed by atoms with Gasteiger partial charge in [0.1, 0.15) is 5.82 Å². The van der Waals surface area contributed by atoms with Gasteiger partial charge in [0.05, 0.1) is 4.92 Å². The maximum Gasteiger partial charge on any atom is 0.311 e. The van der Waals surface area contributed by atoms with E-state index in [4.69, 9.17) is 5.84 Å². The van der Waals surface area contributed by atoms with Gasteiger partial charge in [0, 0.05) is 19.2 Å². The highest BCUT2D eigenvalue weighted by atomic mass is 16.6. The Bertz CT molecular complexity index is 475. The van der Waals surface area contributed by atoms with Gasteiger partial charge in [-0.2, -0.15) is 0 Å². The van der Waals surface area contributed by atoms with Crippen LogP contribution in [0.4, 0.5) is 17.3 Å². The monoisotopic (exact) mass is 282 g/mol. The van der Waals surface area contributed by atoms with Crippen LogP contribution in [0.3, 0.4) is 0 Å². The molecule has 1 aromatic heterocycles. The molecule has 0 aromatic carbocycles. The van der Waals surface area contributed by atoms with E-state index in [-0.39, 0.29) is 16.9 Å². The molecule has 8 nitrogen and oxygen atoms in total. The highest BCUT2D eigenvalue weighted by Gasteiger charge is 2.22. The van der Waals surface area contributed by atoms with Crippen LogP contribution in [0.25, 0.3) is 0 Å². The number of aromatic nitrogens is 1. The minimum atomic E-state index is -0.464. The van der Waals surface area contributed by atoms with Crippen molar-refractivity contribution < 1.29 is 4.92 Å². The standard InChI is InChI=1S/C12H22N6O2/c1-12(2,8-17(3)4)7-14-11-9(18(19)20)5-6-10(15-11)16-13/h5-6H,7-8,13H2,1-4H3,(H2,14,15,16). The number of hydrogen-bond acceptors (Lipinski definition) is 7. The highest BCUT2D eigenvalue weighted by Crippen LogP contribution is 2.25. The van der Waals surface area contributed by atoms with Crippen molar-refractivity contribution in [2.45, 2.75) is 13.8 Å². The summed E-state index contributed by atoms with van der Waals surface area (Å²) in [4.78, 5) is 16.7. The molecule has 0 saturated carbocycles. The van der Waals surface area contributed by atoms with Crippen molar-refractivity contribution >= 4 is 17.3 Å². The molecule has 8 heteroatoms. The van der Waals surface area contributed by atoms with Crippen molar-refractivity contribution in [2.75, 3.05) is 37.9 Å². The van der Waals surface area contributed by atoms with Gasteiger partial charge in [0.25, 0.3) is 0 Å². The average molecular weight is 282 g/mol. The van der Waals surface area contributed by atoms with Crippen LogP contribution < -0.4 is 16.6 Å². The quantitative estimate of drug-likeness (QED) is 0.392. The van der Waals surface area contributed by atoms with Gasteiger partial charge in [0.2, 0.25) is 5.82 Å². The molecule has 112 valence electrons. The van der Waals surface area contributed by atoms with Crippen molar-refractivity contribution in [1.29, 1.82) is 0 Å². The zero-order chi connectivity index (χ0) is 15.3.